The minimum atomic E-state index is -0.313. The Hall–Kier alpha value is -1.81. The molecule has 0 heterocycles. The predicted molar refractivity (Wildman–Crippen MR) is 83.1 cm³/mol. The molecule has 0 aromatic heterocycles. The van der Waals surface area contributed by atoms with Crippen molar-refractivity contribution in [2.75, 3.05) is 6.61 Å². The van der Waals surface area contributed by atoms with Crippen LogP contribution in [0.1, 0.15) is 18.4 Å². The third kappa shape index (κ3) is 3.33. The first kappa shape index (κ1) is 15.1. The van der Waals surface area contributed by atoms with Gasteiger partial charge in [-0.15, -0.1) is 0 Å². The molecule has 0 saturated heterocycles. The van der Waals surface area contributed by atoms with Crippen molar-refractivity contribution in [3.05, 3.63) is 47.0 Å². The predicted octanol–water partition coefficient (Wildman–Crippen LogP) is 2.71. The smallest absolute Gasteiger partial charge is 0.310 e. The number of rotatable bonds is 5. The van der Waals surface area contributed by atoms with E-state index in [1.54, 1.807) is 6.07 Å². The van der Waals surface area contributed by atoms with Gasteiger partial charge in [-0.25, -0.2) is 0 Å². The molecule has 0 aliphatic heterocycles. The molecule has 1 N–H and O–H groups in total. The van der Waals surface area contributed by atoms with Gasteiger partial charge in [0.15, 0.2) is 6.61 Å². The van der Waals surface area contributed by atoms with Crippen LogP contribution in [-0.2, 0) is 20.9 Å². The van der Waals surface area contributed by atoms with Crippen molar-refractivity contribution >= 4 is 23.5 Å². The summed E-state index contributed by atoms with van der Waals surface area (Å²) < 4.78 is 5.14. The fourth-order valence-corrected chi connectivity index (χ4v) is 3.38. The Morgan fingerprint density at radius 1 is 1.23 bits per heavy atom. The topological polar surface area (TPSA) is 55.4 Å². The van der Waals surface area contributed by atoms with Crippen LogP contribution in [0.2, 0.25) is 5.02 Å². The van der Waals surface area contributed by atoms with Gasteiger partial charge in [-0.05, 0) is 36.3 Å². The zero-order valence-electron chi connectivity index (χ0n) is 12.1. The molecule has 22 heavy (non-hydrogen) atoms. The van der Waals surface area contributed by atoms with Crippen molar-refractivity contribution in [3.8, 4) is 0 Å². The highest BCUT2D eigenvalue weighted by atomic mass is 35.5. The maximum absolute atomic E-state index is 12.0. The summed E-state index contributed by atoms with van der Waals surface area (Å²) in [6, 6.07) is 7.30. The van der Waals surface area contributed by atoms with Crippen LogP contribution in [-0.4, -0.2) is 18.5 Å². The number of hydrogen-bond acceptors (Lipinski definition) is 3. The molecular weight excluding hydrogens is 302 g/mol. The standard InChI is InChI=1S/C17H18ClNO3/c18-15-4-2-1-3-13(15)9-19-16(20)10-22-17(21)14-8-11-5-6-12(14)7-11/h1-6,11-12,14H,7-10H2,(H,19,20)/t11-,12+,14-/m1/s1. The summed E-state index contributed by atoms with van der Waals surface area (Å²) in [6.45, 7) is 0.0911. The van der Waals surface area contributed by atoms with Crippen LogP contribution in [0.5, 0.6) is 0 Å². The van der Waals surface area contributed by atoms with Gasteiger partial charge in [0.25, 0.3) is 5.91 Å². The lowest BCUT2D eigenvalue weighted by Crippen LogP contribution is -2.31. The quantitative estimate of drug-likeness (QED) is 0.670. The molecule has 0 radical (unpaired) electrons. The van der Waals surface area contributed by atoms with Crippen LogP contribution in [0, 0.1) is 17.8 Å². The van der Waals surface area contributed by atoms with E-state index >= 15 is 0 Å². The van der Waals surface area contributed by atoms with E-state index < -0.39 is 0 Å². The molecule has 1 aromatic rings. The Labute approximate surface area is 134 Å². The second-order valence-electron chi connectivity index (χ2n) is 5.86. The number of halogens is 1. The Morgan fingerprint density at radius 2 is 2.05 bits per heavy atom. The van der Waals surface area contributed by atoms with E-state index in [1.165, 1.54) is 0 Å². The van der Waals surface area contributed by atoms with Gasteiger partial charge >= 0.3 is 5.97 Å². The fraction of sp³-hybridized carbons (Fsp3) is 0.412. The molecule has 116 valence electrons. The zero-order chi connectivity index (χ0) is 15.5. The number of amides is 1. The summed E-state index contributed by atoms with van der Waals surface area (Å²) in [4.78, 5) is 23.8. The molecule has 0 spiro atoms. The van der Waals surface area contributed by atoms with Gasteiger partial charge in [-0.1, -0.05) is 42.0 Å². The lowest BCUT2D eigenvalue weighted by atomic mass is 9.94. The second-order valence-corrected chi connectivity index (χ2v) is 6.27. The normalized spacial score (nSPS) is 25.2. The number of ether oxygens (including phenoxy) is 1. The van der Waals surface area contributed by atoms with Gasteiger partial charge in [-0.2, -0.15) is 0 Å². The highest BCUT2D eigenvalue weighted by molar-refractivity contribution is 6.31. The van der Waals surface area contributed by atoms with E-state index in [0.717, 1.165) is 18.4 Å². The van der Waals surface area contributed by atoms with Crippen molar-refractivity contribution < 1.29 is 14.3 Å². The van der Waals surface area contributed by atoms with E-state index in [2.05, 4.69) is 17.5 Å². The van der Waals surface area contributed by atoms with Crippen LogP contribution in [0.25, 0.3) is 0 Å². The summed E-state index contributed by atoms with van der Waals surface area (Å²) >= 11 is 6.01. The SMILES string of the molecule is O=C(COC(=O)[C@@H]1C[C@@H]2C=C[C@H]1C2)NCc1ccccc1Cl. The maximum Gasteiger partial charge on any atom is 0.310 e. The molecular formula is C17H18ClNO3. The van der Waals surface area contributed by atoms with Crippen LogP contribution < -0.4 is 5.32 Å². The van der Waals surface area contributed by atoms with E-state index in [0.29, 0.717) is 23.4 Å². The molecule has 5 heteroatoms. The minimum Gasteiger partial charge on any atom is -0.455 e. The van der Waals surface area contributed by atoms with Crippen molar-refractivity contribution in [1.29, 1.82) is 0 Å². The van der Waals surface area contributed by atoms with Crippen LogP contribution in [0.4, 0.5) is 0 Å². The highest BCUT2D eigenvalue weighted by Gasteiger charge is 2.40. The number of fused-ring (bicyclic) bond motifs is 2. The molecule has 2 bridgehead atoms. The van der Waals surface area contributed by atoms with Crippen LogP contribution in [0.15, 0.2) is 36.4 Å². The van der Waals surface area contributed by atoms with Crippen LogP contribution >= 0.6 is 11.6 Å². The molecule has 4 nitrogen and oxygen atoms in total. The Morgan fingerprint density at radius 3 is 2.73 bits per heavy atom. The summed E-state index contributed by atoms with van der Waals surface area (Å²) in [7, 11) is 0. The first-order valence-corrected chi connectivity index (χ1v) is 7.86. The number of carbonyl (C=O) groups is 2. The maximum atomic E-state index is 12.0. The summed E-state index contributed by atoms with van der Waals surface area (Å²) in [5.74, 6) is 0.156. The molecule has 1 saturated carbocycles. The fourth-order valence-electron chi connectivity index (χ4n) is 3.18. The van der Waals surface area contributed by atoms with Crippen molar-refractivity contribution in [2.24, 2.45) is 17.8 Å². The summed E-state index contributed by atoms with van der Waals surface area (Å²) in [6.07, 6.45) is 6.15. The molecule has 1 fully saturated rings. The minimum absolute atomic E-state index is 0.0774. The summed E-state index contributed by atoms with van der Waals surface area (Å²) in [5, 5.41) is 3.31. The van der Waals surface area contributed by atoms with Gasteiger partial charge in [0.1, 0.15) is 0 Å². The van der Waals surface area contributed by atoms with E-state index in [-0.39, 0.29) is 24.4 Å². The van der Waals surface area contributed by atoms with Gasteiger partial charge in [-0.3, -0.25) is 9.59 Å². The molecule has 3 atom stereocenters. The van der Waals surface area contributed by atoms with Gasteiger partial charge in [0, 0.05) is 11.6 Å². The monoisotopic (exact) mass is 319 g/mol. The third-order valence-corrected chi connectivity index (χ3v) is 4.73. The number of benzene rings is 1. The van der Waals surface area contributed by atoms with Gasteiger partial charge in [0.05, 0.1) is 5.92 Å². The Balaban J connectivity index is 1.42. The molecule has 0 unspecified atom stereocenters. The lowest BCUT2D eigenvalue weighted by Gasteiger charge is -2.16. The largest absolute Gasteiger partial charge is 0.455 e. The van der Waals surface area contributed by atoms with Crippen molar-refractivity contribution in [2.45, 2.75) is 19.4 Å². The number of carbonyl (C=O) groups excluding carboxylic acids is 2. The highest BCUT2D eigenvalue weighted by Crippen LogP contribution is 2.43. The van der Waals surface area contributed by atoms with E-state index in [9.17, 15) is 9.59 Å². The molecule has 1 aromatic carbocycles. The van der Waals surface area contributed by atoms with E-state index in [1.807, 2.05) is 18.2 Å². The second kappa shape index (κ2) is 6.53. The van der Waals surface area contributed by atoms with Crippen molar-refractivity contribution in [3.63, 3.8) is 0 Å². The zero-order valence-corrected chi connectivity index (χ0v) is 12.9. The third-order valence-electron chi connectivity index (χ3n) is 4.36. The molecule has 2 aliphatic rings. The molecule has 2 aliphatic carbocycles. The lowest BCUT2D eigenvalue weighted by molar-refractivity contribution is -0.153. The summed E-state index contributed by atoms with van der Waals surface area (Å²) in [5.41, 5.74) is 0.835. The average Bonchev–Trinajstić information content (AvgIpc) is 3.15. The number of nitrogens with one attached hydrogen (secondary N) is 1. The molecule has 1 amide bonds. The Bertz CT molecular complexity index is 614. The number of allylic oxidation sites excluding steroid dienone is 2. The average molecular weight is 320 g/mol. The van der Waals surface area contributed by atoms with E-state index in [4.69, 9.17) is 16.3 Å². The van der Waals surface area contributed by atoms with Crippen LogP contribution in [0.3, 0.4) is 0 Å². The van der Waals surface area contributed by atoms with Gasteiger partial charge in [0.2, 0.25) is 0 Å². The van der Waals surface area contributed by atoms with Gasteiger partial charge < -0.3 is 10.1 Å². The van der Waals surface area contributed by atoms with Crippen molar-refractivity contribution in [1.82, 2.24) is 5.32 Å². The molecule has 3 rings (SSSR count). The first-order valence-electron chi connectivity index (χ1n) is 7.48. The number of hydrogen-bond donors (Lipinski definition) is 1. The first-order chi connectivity index (χ1) is 10.6. The number of esters is 1. The Kier molecular flexibility index (Phi) is 4.48.